The number of aliphatic hydroxyl groups excluding tert-OH is 1. The number of hydrogen-bond acceptors (Lipinski definition) is 3. The van der Waals surface area contributed by atoms with E-state index in [0.717, 1.165) is 0 Å². The van der Waals surface area contributed by atoms with E-state index < -0.39 is 0 Å². The molecule has 1 aromatic heterocycles. The van der Waals surface area contributed by atoms with E-state index in [9.17, 15) is 9.90 Å². The Morgan fingerprint density at radius 1 is 1.40 bits per heavy atom. The number of aliphatic hydroxyl groups is 1. The molecule has 1 heterocycles. The number of carbonyl (C=O) groups excluding carboxylic acids is 1. The van der Waals surface area contributed by atoms with E-state index in [4.69, 9.17) is 0 Å². The maximum atomic E-state index is 11.8. The Bertz CT molecular complexity index is 402. The Balaban J connectivity index is 2.29. The first-order chi connectivity index (χ1) is 9.31. The van der Waals surface area contributed by atoms with Crippen LogP contribution in [0.1, 0.15) is 39.0 Å². The lowest BCUT2D eigenvalue weighted by Gasteiger charge is -2.24. The van der Waals surface area contributed by atoms with Crippen molar-refractivity contribution in [1.29, 1.82) is 0 Å². The van der Waals surface area contributed by atoms with Gasteiger partial charge in [-0.25, -0.2) is 4.79 Å². The summed E-state index contributed by atoms with van der Waals surface area (Å²) in [4.78, 5) is 13.0. The minimum atomic E-state index is -0.326. The van der Waals surface area contributed by atoms with Crippen LogP contribution in [0, 0.1) is 5.92 Å². The summed E-state index contributed by atoms with van der Waals surface area (Å²) in [7, 11) is 0. The van der Waals surface area contributed by atoms with E-state index in [-0.39, 0.29) is 23.5 Å². The molecule has 0 bridgehead atoms. The van der Waals surface area contributed by atoms with Crippen molar-refractivity contribution in [3.05, 3.63) is 22.4 Å². The predicted molar refractivity (Wildman–Crippen MR) is 84.2 cm³/mol. The number of nitrogens with one attached hydrogen (secondary N) is 2. The van der Waals surface area contributed by atoms with Gasteiger partial charge in [0.05, 0.1) is 6.10 Å². The fraction of sp³-hybridized carbons (Fsp3) is 0.667. The van der Waals surface area contributed by atoms with Crippen LogP contribution < -0.4 is 10.6 Å². The highest BCUT2D eigenvalue weighted by atomic mass is 32.1. The van der Waals surface area contributed by atoms with Crippen molar-refractivity contribution in [2.45, 2.75) is 45.6 Å². The topological polar surface area (TPSA) is 61.4 Å². The van der Waals surface area contributed by atoms with Crippen molar-refractivity contribution in [3.8, 4) is 0 Å². The second-order valence-electron chi connectivity index (χ2n) is 6.11. The molecule has 0 aliphatic carbocycles. The highest BCUT2D eigenvalue weighted by molar-refractivity contribution is 7.10. The van der Waals surface area contributed by atoms with Crippen LogP contribution in [-0.4, -0.2) is 30.3 Å². The van der Waals surface area contributed by atoms with Crippen LogP contribution in [-0.2, 0) is 5.41 Å². The van der Waals surface area contributed by atoms with Crippen molar-refractivity contribution >= 4 is 17.4 Å². The average molecular weight is 298 g/mol. The van der Waals surface area contributed by atoms with E-state index >= 15 is 0 Å². The van der Waals surface area contributed by atoms with Crippen molar-refractivity contribution in [2.24, 2.45) is 5.92 Å². The summed E-state index contributed by atoms with van der Waals surface area (Å²) in [6.45, 7) is 9.20. The van der Waals surface area contributed by atoms with Crippen LogP contribution >= 0.6 is 11.3 Å². The summed E-state index contributed by atoms with van der Waals surface area (Å²) in [5.41, 5.74) is -0.0588. The number of hydrogen-bond donors (Lipinski definition) is 3. The Morgan fingerprint density at radius 2 is 2.10 bits per heavy atom. The quantitative estimate of drug-likeness (QED) is 0.725. The monoisotopic (exact) mass is 298 g/mol. The molecule has 0 saturated carbocycles. The van der Waals surface area contributed by atoms with Gasteiger partial charge in [0.1, 0.15) is 0 Å². The normalized spacial score (nSPS) is 14.7. The second kappa shape index (κ2) is 7.64. The van der Waals surface area contributed by atoms with Crippen LogP contribution in [0.5, 0.6) is 0 Å². The largest absolute Gasteiger partial charge is 0.393 e. The summed E-state index contributed by atoms with van der Waals surface area (Å²) in [5.74, 6) is 0.269. The van der Waals surface area contributed by atoms with E-state index in [0.29, 0.717) is 19.5 Å². The second-order valence-corrected chi connectivity index (χ2v) is 7.06. The third kappa shape index (κ3) is 5.92. The van der Waals surface area contributed by atoms with Crippen LogP contribution in [0.25, 0.3) is 0 Å². The fourth-order valence-corrected chi connectivity index (χ4v) is 2.90. The van der Waals surface area contributed by atoms with Gasteiger partial charge in [-0.15, -0.1) is 11.3 Å². The van der Waals surface area contributed by atoms with Gasteiger partial charge < -0.3 is 15.7 Å². The van der Waals surface area contributed by atoms with Gasteiger partial charge in [0.15, 0.2) is 0 Å². The van der Waals surface area contributed by atoms with E-state index in [1.54, 1.807) is 18.3 Å². The lowest BCUT2D eigenvalue weighted by atomic mass is 9.91. The molecule has 4 nitrogen and oxygen atoms in total. The summed E-state index contributed by atoms with van der Waals surface area (Å²) >= 11 is 1.71. The molecule has 0 aromatic carbocycles. The molecule has 3 N–H and O–H groups in total. The van der Waals surface area contributed by atoms with Crippen LogP contribution in [0.15, 0.2) is 17.5 Å². The maximum absolute atomic E-state index is 11.8. The van der Waals surface area contributed by atoms with Crippen molar-refractivity contribution in [3.63, 3.8) is 0 Å². The maximum Gasteiger partial charge on any atom is 0.314 e. The van der Waals surface area contributed by atoms with Gasteiger partial charge in [-0.05, 0) is 30.7 Å². The summed E-state index contributed by atoms with van der Waals surface area (Å²) in [6, 6.07) is 3.97. The summed E-state index contributed by atoms with van der Waals surface area (Å²) in [5, 5.41) is 17.1. The number of rotatable bonds is 7. The van der Waals surface area contributed by atoms with Gasteiger partial charge >= 0.3 is 6.03 Å². The molecule has 20 heavy (non-hydrogen) atoms. The number of amides is 2. The van der Waals surface area contributed by atoms with Gasteiger partial charge in [0.25, 0.3) is 0 Å². The van der Waals surface area contributed by atoms with Gasteiger partial charge in [-0.3, -0.25) is 0 Å². The third-order valence-corrected chi connectivity index (χ3v) is 4.47. The highest BCUT2D eigenvalue weighted by Crippen LogP contribution is 2.26. The van der Waals surface area contributed by atoms with Crippen LogP contribution in [0.4, 0.5) is 4.79 Å². The standard InChI is InChI=1S/C15H26N2O2S/c1-11(8-12(2)18)9-16-14(19)17-10-15(3,4)13-6-5-7-20-13/h5-7,11-12,18H,8-10H2,1-4H3,(H2,16,17,19). The van der Waals surface area contributed by atoms with E-state index in [1.165, 1.54) is 4.88 Å². The van der Waals surface area contributed by atoms with Gasteiger partial charge in [-0.1, -0.05) is 26.8 Å². The zero-order chi connectivity index (χ0) is 15.2. The van der Waals surface area contributed by atoms with Gasteiger partial charge in [0.2, 0.25) is 0 Å². The van der Waals surface area contributed by atoms with Crippen LogP contribution in [0.3, 0.4) is 0 Å². The smallest absolute Gasteiger partial charge is 0.314 e. The summed E-state index contributed by atoms with van der Waals surface area (Å²) < 4.78 is 0. The fourth-order valence-electron chi connectivity index (χ4n) is 2.05. The minimum absolute atomic E-state index is 0.0588. The van der Waals surface area contributed by atoms with Gasteiger partial charge in [0, 0.05) is 23.4 Å². The summed E-state index contributed by atoms with van der Waals surface area (Å²) in [6.07, 6.45) is 0.369. The van der Waals surface area contributed by atoms with E-state index in [2.05, 4.69) is 35.9 Å². The molecule has 0 aliphatic rings. The molecule has 0 radical (unpaired) electrons. The number of carbonyl (C=O) groups is 1. The molecule has 1 aromatic rings. The average Bonchev–Trinajstić information content (AvgIpc) is 2.87. The van der Waals surface area contributed by atoms with Crippen molar-refractivity contribution in [1.82, 2.24) is 10.6 Å². The SMILES string of the molecule is CC(O)CC(C)CNC(=O)NCC(C)(C)c1cccs1. The number of urea groups is 1. The lowest BCUT2D eigenvalue weighted by Crippen LogP contribution is -2.43. The Labute approximate surface area is 125 Å². The Hall–Kier alpha value is -1.07. The molecule has 2 unspecified atom stereocenters. The molecule has 0 spiro atoms. The molecule has 0 fully saturated rings. The first kappa shape index (κ1) is 17.0. The van der Waals surface area contributed by atoms with Crippen LogP contribution in [0.2, 0.25) is 0 Å². The minimum Gasteiger partial charge on any atom is -0.393 e. The molecule has 114 valence electrons. The highest BCUT2D eigenvalue weighted by Gasteiger charge is 2.22. The molecular weight excluding hydrogens is 272 g/mol. The lowest BCUT2D eigenvalue weighted by molar-refractivity contribution is 0.163. The molecule has 2 amide bonds. The van der Waals surface area contributed by atoms with Gasteiger partial charge in [-0.2, -0.15) is 0 Å². The first-order valence-corrected chi connectivity index (χ1v) is 7.93. The Kier molecular flexibility index (Phi) is 6.49. The third-order valence-electron chi connectivity index (χ3n) is 3.23. The molecule has 2 atom stereocenters. The molecule has 0 saturated heterocycles. The molecular formula is C15H26N2O2S. The van der Waals surface area contributed by atoms with E-state index in [1.807, 2.05) is 13.0 Å². The number of thiophene rings is 1. The zero-order valence-electron chi connectivity index (χ0n) is 12.8. The Morgan fingerprint density at radius 3 is 2.65 bits per heavy atom. The molecule has 1 rings (SSSR count). The predicted octanol–water partition coefficient (Wildman–Crippen LogP) is 2.73. The molecule has 0 aliphatic heterocycles. The first-order valence-electron chi connectivity index (χ1n) is 7.05. The zero-order valence-corrected chi connectivity index (χ0v) is 13.6. The van der Waals surface area contributed by atoms with Crippen molar-refractivity contribution in [2.75, 3.05) is 13.1 Å². The molecule has 5 heteroatoms. The van der Waals surface area contributed by atoms with Crippen molar-refractivity contribution < 1.29 is 9.90 Å².